The summed E-state index contributed by atoms with van der Waals surface area (Å²) in [5, 5.41) is 0. The molecular weight excluding hydrogens is 240 g/mol. The van der Waals surface area contributed by atoms with Crippen molar-refractivity contribution < 1.29 is 9.53 Å². The Morgan fingerprint density at radius 2 is 2.05 bits per heavy atom. The molecule has 0 saturated carbocycles. The molecule has 2 N–H and O–H groups in total. The minimum atomic E-state index is -0.233. The number of nitrogens with zero attached hydrogens (tertiary/aromatic N) is 1. The van der Waals surface area contributed by atoms with Crippen molar-refractivity contribution in [2.24, 2.45) is 11.7 Å². The van der Waals surface area contributed by atoms with Crippen molar-refractivity contribution in [1.82, 2.24) is 4.90 Å². The van der Waals surface area contributed by atoms with Gasteiger partial charge in [-0.2, -0.15) is 0 Å². The predicted octanol–water partition coefficient (Wildman–Crippen LogP) is 1.44. The zero-order chi connectivity index (χ0) is 13.7. The standard InChI is InChI=1S/C15H22N2O2/c1-19-14-5-3-2-4-13(14)10-12-6-8-17(9-7-12)11-15(16)18/h2-5,12H,6-11H2,1H3,(H2,16,18). The van der Waals surface area contributed by atoms with E-state index in [-0.39, 0.29) is 5.91 Å². The van der Waals surface area contributed by atoms with Crippen LogP contribution in [0.4, 0.5) is 0 Å². The molecule has 1 saturated heterocycles. The molecule has 104 valence electrons. The molecule has 1 aromatic carbocycles. The van der Waals surface area contributed by atoms with E-state index in [1.54, 1.807) is 7.11 Å². The Morgan fingerprint density at radius 1 is 1.37 bits per heavy atom. The minimum Gasteiger partial charge on any atom is -0.496 e. The molecule has 1 aliphatic heterocycles. The Kier molecular flexibility index (Phi) is 4.80. The molecule has 1 aromatic rings. The number of hydrogen-bond donors (Lipinski definition) is 1. The van der Waals surface area contributed by atoms with Crippen molar-refractivity contribution in [3.05, 3.63) is 29.8 Å². The third-order valence-corrected chi connectivity index (χ3v) is 3.79. The van der Waals surface area contributed by atoms with Crippen molar-refractivity contribution >= 4 is 5.91 Å². The molecule has 0 radical (unpaired) electrons. The molecular formula is C15H22N2O2. The second-order valence-electron chi connectivity index (χ2n) is 5.20. The van der Waals surface area contributed by atoms with Crippen molar-refractivity contribution in [3.8, 4) is 5.75 Å². The van der Waals surface area contributed by atoms with Gasteiger partial charge in [0.1, 0.15) is 5.75 Å². The average molecular weight is 262 g/mol. The number of para-hydroxylation sites is 1. The van der Waals surface area contributed by atoms with Gasteiger partial charge >= 0.3 is 0 Å². The summed E-state index contributed by atoms with van der Waals surface area (Å²) in [4.78, 5) is 13.0. The maximum absolute atomic E-state index is 10.9. The maximum Gasteiger partial charge on any atom is 0.231 e. The monoisotopic (exact) mass is 262 g/mol. The smallest absolute Gasteiger partial charge is 0.231 e. The largest absolute Gasteiger partial charge is 0.496 e. The lowest BCUT2D eigenvalue weighted by Gasteiger charge is -2.31. The van der Waals surface area contributed by atoms with Crippen LogP contribution in [0.5, 0.6) is 5.75 Å². The summed E-state index contributed by atoms with van der Waals surface area (Å²) in [5.41, 5.74) is 6.50. The topological polar surface area (TPSA) is 55.6 Å². The number of benzene rings is 1. The normalized spacial score (nSPS) is 17.3. The van der Waals surface area contributed by atoms with E-state index < -0.39 is 0 Å². The van der Waals surface area contributed by atoms with Crippen molar-refractivity contribution in [3.63, 3.8) is 0 Å². The Hall–Kier alpha value is -1.55. The van der Waals surface area contributed by atoms with Crippen LogP contribution < -0.4 is 10.5 Å². The van der Waals surface area contributed by atoms with E-state index in [0.717, 1.165) is 38.1 Å². The summed E-state index contributed by atoms with van der Waals surface area (Å²) in [6.45, 7) is 2.31. The van der Waals surface area contributed by atoms with Crippen LogP contribution in [0.25, 0.3) is 0 Å². The Balaban J connectivity index is 1.87. The average Bonchev–Trinajstić information content (AvgIpc) is 2.41. The first-order valence-corrected chi connectivity index (χ1v) is 6.81. The van der Waals surface area contributed by atoms with Gasteiger partial charge in [-0.05, 0) is 49.9 Å². The summed E-state index contributed by atoms with van der Waals surface area (Å²) in [6.07, 6.45) is 3.28. The SMILES string of the molecule is COc1ccccc1CC1CCN(CC(N)=O)CC1. The molecule has 4 heteroatoms. The second-order valence-corrected chi connectivity index (χ2v) is 5.20. The van der Waals surface area contributed by atoms with Crippen LogP contribution in [0.3, 0.4) is 0 Å². The van der Waals surface area contributed by atoms with E-state index in [4.69, 9.17) is 10.5 Å². The minimum absolute atomic E-state index is 0.233. The second kappa shape index (κ2) is 6.57. The van der Waals surface area contributed by atoms with Gasteiger partial charge in [0.25, 0.3) is 0 Å². The number of hydrogen-bond acceptors (Lipinski definition) is 3. The number of amides is 1. The fraction of sp³-hybridized carbons (Fsp3) is 0.533. The van der Waals surface area contributed by atoms with Crippen LogP contribution >= 0.6 is 0 Å². The van der Waals surface area contributed by atoms with Crippen LogP contribution in [-0.4, -0.2) is 37.6 Å². The van der Waals surface area contributed by atoms with Crippen molar-refractivity contribution in [1.29, 1.82) is 0 Å². The lowest BCUT2D eigenvalue weighted by Crippen LogP contribution is -2.39. The highest BCUT2D eigenvalue weighted by Crippen LogP contribution is 2.26. The number of rotatable bonds is 5. The highest BCUT2D eigenvalue weighted by Gasteiger charge is 2.21. The van der Waals surface area contributed by atoms with Gasteiger partial charge in [-0.15, -0.1) is 0 Å². The molecule has 1 amide bonds. The summed E-state index contributed by atoms with van der Waals surface area (Å²) < 4.78 is 5.39. The zero-order valence-electron chi connectivity index (χ0n) is 11.5. The van der Waals surface area contributed by atoms with E-state index in [2.05, 4.69) is 17.0 Å². The van der Waals surface area contributed by atoms with Gasteiger partial charge < -0.3 is 10.5 Å². The number of nitrogens with two attached hydrogens (primary N) is 1. The molecule has 1 heterocycles. The van der Waals surface area contributed by atoms with E-state index in [9.17, 15) is 4.79 Å². The molecule has 19 heavy (non-hydrogen) atoms. The maximum atomic E-state index is 10.9. The van der Waals surface area contributed by atoms with Gasteiger partial charge in [-0.3, -0.25) is 9.69 Å². The third-order valence-electron chi connectivity index (χ3n) is 3.79. The number of likely N-dealkylation sites (tertiary alicyclic amines) is 1. The van der Waals surface area contributed by atoms with Gasteiger partial charge in [-0.1, -0.05) is 18.2 Å². The molecule has 0 aliphatic carbocycles. The molecule has 2 rings (SSSR count). The van der Waals surface area contributed by atoms with Gasteiger partial charge in [0.15, 0.2) is 0 Å². The molecule has 0 spiro atoms. The number of carbonyl (C=O) groups is 1. The third kappa shape index (κ3) is 3.96. The lowest BCUT2D eigenvalue weighted by atomic mass is 9.90. The lowest BCUT2D eigenvalue weighted by molar-refractivity contribution is -0.119. The Labute approximate surface area is 114 Å². The fourth-order valence-electron chi connectivity index (χ4n) is 2.75. The molecule has 0 unspecified atom stereocenters. The van der Waals surface area contributed by atoms with Gasteiger partial charge in [0.05, 0.1) is 13.7 Å². The zero-order valence-corrected chi connectivity index (χ0v) is 11.5. The molecule has 4 nitrogen and oxygen atoms in total. The molecule has 1 fully saturated rings. The molecule has 0 bridgehead atoms. The number of primary amides is 1. The van der Waals surface area contributed by atoms with Crippen LogP contribution in [0.15, 0.2) is 24.3 Å². The quantitative estimate of drug-likeness (QED) is 0.873. The highest BCUT2D eigenvalue weighted by molar-refractivity contribution is 5.75. The van der Waals surface area contributed by atoms with E-state index in [0.29, 0.717) is 12.5 Å². The Bertz CT molecular complexity index is 426. The van der Waals surface area contributed by atoms with Crippen molar-refractivity contribution in [2.75, 3.05) is 26.7 Å². The molecule has 0 aromatic heterocycles. The van der Waals surface area contributed by atoms with Crippen LogP contribution in [-0.2, 0) is 11.2 Å². The first-order valence-electron chi connectivity index (χ1n) is 6.81. The Morgan fingerprint density at radius 3 is 2.68 bits per heavy atom. The van der Waals surface area contributed by atoms with E-state index in [1.165, 1.54) is 5.56 Å². The summed E-state index contributed by atoms with van der Waals surface area (Å²) in [5.74, 6) is 1.41. The summed E-state index contributed by atoms with van der Waals surface area (Å²) in [7, 11) is 1.72. The van der Waals surface area contributed by atoms with Crippen LogP contribution in [0.2, 0.25) is 0 Å². The van der Waals surface area contributed by atoms with Gasteiger partial charge in [-0.25, -0.2) is 0 Å². The van der Waals surface area contributed by atoms with Crippen molar-refractivity contribution in [2.45, 2.75) is 19.3 Å². The number of methoxy groups -OCH3 is 1. The molecule has 1 aliphatic rings. The van der Waals surface area contributed by atoms with Gasteiger partial charge in [0, 0.05) is 0 Å². The first kappa shape index (κ1) is 13.9. The number of carbonyl (C=O) groups excluding carboxylic acids is 1. The predicted molar refractivity (Wildman–Crippen MR) is 75.1 cm³/mol. The van der Waals surface area contributed by atoms with Crippen LogP contribution in [0, 0.1) is 5.92 Å². The number of ether oxygens (including phenoxy) is 1. The summed E-state index contributed by atoms with van der Waals surface area (Å²) >= 11 is 0. The fourth-order valence-corrected chi connectivity index (χ4v) is 2.75. The summed E-state index contributed by atoms with van der Waals surface area (Å²) in [6, 6.07) is 8.20. The molecule has 0 atom stereocenters. The number of piperidine rings is 1. The van der Waals surface area contributed by atoms with Crippen LogP contribution in [0.1, 0.15) is 18.4 Å². The van der Waals surface area contributed by atoms with Gasteiger partial charge in [0.2, 0.25) is 5.91 Å². The van der Waals surface area contributed by atoms with E-state index >= 15 is 0 Å². The highest BCUT2D eigenvalue weighted by atomic mass is 16.5. The van der Waals surface area contributed by atoms with E-state index in [1.807, 2.05) is 12.1 Å². The first-order chi connectivity index (χ1) is 9.19.